The molecule has 0 heterocycles. The molecule has 0 saturated heterocycles. The molecule has 1 aromatic rings. The van der Waals surface area contributed by atoms with Crippen molar-refractivity contribution in [2.24, 2.45) is 16.6 Å². The first kappa shape index (κ1) is 15.6. The van der Waals surface area contributed by atoms with Crippen LogP contribution in [0.1, 0.15) is 39.2 Å². The molecule has 0 aromatic heterocycles. The fourth-order valence-electron chi connectivity index (χ4n) is 3.63. The van der Waals surface area contributed by atoms with E-state index in [1.165, 1.54) is 5.56 Å². The van der Waals surface area contributed by atoms with Crippen molar-refractivity contribution in [3.63, 3.8) is 0 Å². The Labute approximate surface area is 129 Å². The summed E-state index contributed by atoms with van der Waals surface area (Å²) in [5.41, 5.74) is 8.56. The SMILES string of the molecule is CCC(CC)(Cc1ccccc1)C1(C)C=CC=CC(N)=C1. The molecular weight excluding hydrogens is 254 g/mol. The molecule has 2 rings (SSSR count). The van der Waals surface area contributed by atoms with E-state index >= 15 is 0 Å². The quantitative estimate of drug-likeness (QED) is 0.806. The third-order valence-corrected chi connectivity index (χ3v) is 5.19. The Morgan fingerprint density at radius 1 is 1.05 bits per heavy atom. The van der Waals surface area contributed by atoms with Gasteiger partial charge in [0.25, 0.3) is 0 Å². The molecule has 0 amide bonds. The summed E-state index contributed by atoms with van der Waals surface area (Å²) >= 11 is 0. The molecule has 2 N–H and O–H groups in total. The van der Waals surface area contributed by atoms with Crippen molar-refractivity contribution in [3.05, 3.63) is 72.0 Å². The molecule has 21 heavy (non-hydrogen) atoms. The van der Waals surface area contributed by atoms with E-state index in [-0.39, 0.29) is 10.8 Å². The Morgan fingerprint density at radius 3 is 2.33 bits per heavy atom. The molecule has 1 aliphatic rings. The third kappa shape index (κ3) is 3.12. The van der Waals surface area contributed by atoms with Crippen molar-refractivity contribution in [3.8, 4) is 0 Å². The minimum atomic E-state index is -0.0279. The van der Waals surface area contributed by atoms with E-state index in [0.717, 1.165) is 25.0 Å². The zero-order valence-electron chi connectivity index (χ0n) is 13.5. The highest BCUT2D eigenvalue weighted by Gasteiger charge is 2.42. The minimum absolute atomic E-state index is 0.0279. The van der Waals surface area contributed by atoms with Gasteiger partial charge in [0, 0.05) is 11.1 Å². The second kappa shape index (κ2) is 6.34. The second-order valence-corrected chi connectivity index (χ2v) is 6.30. The van der Waals surface area contributed by atoms with Crippen LogP contribution < -0.4 is 5.73 Å². The molecule has 0 aliphatic heterocycles. The highest BCUT2D eigenvalue weighted by molar-refractivity contribution is 5.33. The van der Waals surface area contributed by atoms with Crippen LogP contribution in [0.25, 0.3) is 0 Å². The van der Waals surface area contributed by atoms with E-state index in [1.54, 1.807) is 0 Å². The van der Waals surface area contributed by atoms with Crippen molar-refractivity contribution in [1.29, 1.82) is 0 Å². The lowest BCUT2D eigenvalue weighted by molar-refractivity contribution is 0.127. The second-order valence-electron chi connectivity index (χ2n) is 6.30. The minimum Gasteiger partial charge on any atom is -0.399 e. The summed E-state index contributed by atoms with van der Waals surface area (Å²) in [5.74, 6) is 0. The van der Waals surface area contributed by atoms with Crippen molar-refractivity contribution in [2.75, 3.05) is 0 Å². The molecule has 1 aromatic carbocycles. The van der Waals surface area contributed by atoms with Gasteiger partial charge in [0.2, 0.25) is 0 Å². The van der Waals surface area contributed by atoms with E-state index in [4.69, 9.17) is 5.73 Å². The van der Waals surface area contributed by atoms with Crippen molar-refractivity contribution in [1.82, 2.24) is 0 Å². The fraction of sp³-hybridized carbons (Fsp3) is 0.400. The number of hydrogen-bond donors (Lipinski definition) is 1. The van der Waals surface area contributed by atoms with Gasteiger partial charge in [-0.3, -0.25) is 0 Å². The van der Waals surface area contributed by atoms with Gasteiger partial charge in [-0.05, 0) is 36.3 Å². The summed E-state index contributed by atoms with van der Waals surface area (Å²) in [6.07, 6.45) is 14.1. The van der Waals surface area contributed by atoms with Crippen LogP contribution in [0.15, 0.2) is 66.4 Å². The normalized spacial score (nSPS) is 22.0. The van der Waals surface area contributed by atoms with Crippen LogP contribution in [-0.4, -0.2) is 0 Å². The Kier molecular flexibility index (Phi) is 4.72. The molecule has 0 bridgehead atoms. The van der Waals surface area contributed by atoms with Gasteiger partial charge < -0.3 is 5.73 Å². The lowest BCUT2D eigenvalue weighted by Crippen LogP contribution is -2.39. The number of benzene rings is 1. The maximum absolute atomic E-state index is 6.14. The number of allylic oxidation sites excluding steroid dienone is 5. The maximum atomic E-state index is 6.14. The van der Waals surface area contributed by atoms with Gasteiger partial charge >= 0.3 is 0 Å². The molecule has 0 saturated carbocycles. The van der Waals surface area contributed by atoms with Gasteiger partial charge in [-0.1, -0.05) is 75.4 Å². The molecule has 1 aliphatic carbocycles. The standard InChI is InChI=1S/C20H27N/c1-4-20(5-2,15-17-11-7-6-8-12-17)19(3)14-10-9-13-18(21)16-19/h6-14,16H,4-5,15,21H2,1-3H3. The highest BCUT2D eigenvalue weighted by atomic mass is 14.6. The van der Waals surface area contributed by atoms with Gasteiger partial charge in [-0.2, -0.15) is 0 Å². The molecule has 1 atom stereocenters. The first-order valence-corrected chi connectivity index (χ1v) is 7.93. The van der Waals surface area contributed by atoms with Crippen LogP contribution in [0.3, 0.4) is 0 Å². The summed E-state index contributed by atoms with van der Waals surface area (Å²) in [5, 5.41) is 0. The van der Waals surface area contributed by atoms with Crippen LogP contribution in [-0.2, 0) is 6.42 Å². The van der Waals surface area contributed by atoms with Crippen molar-refractivity contribution >= 4 is 0 Å². The summed E-state index contributed by atoms with van der Waals surface area (Å²) in [6, 6.07) is 10.8. The van der Waals surface area contributed by atoms with Crippen LogP contribution >= 0.6 is 0 Å². The van der Waals surface area contributed by atoms with Gasteiger partial charge in [-0.25, -0.2) is 0 Å². The predicted molar refractivity (Wildman–Crippen MR) is 91.8 cm³/mol. The third-order valence-electron chi connectivity index (χ3n) is 5.19. The van der Waals surface area contributed by atoms with Gasteiger partial charge in [-0.15, -0.1) is 0 Å². The largest absolute Gasteiger partial charge is 0.399 e. The molecule has 0 spiro atoms. The van der Waals surface area contributed by atoms with Gasteiger partial charge in [0.05, 0.1) is 0 Å². The lowest BCUT2D eigenvalue weighted by Gasteiger charge is -2.45. The molecule has 112 valence electrons. The number of rotatable bonds is 5. The smallest absolute Gasteiger partial charge is 0.0282 e. The van der Waals surface area contributed by atoms with Crippen LogP contribution in [0.2, 0.25) is 0 Å². The Hall–Kier alpha value is -1.76. The molecular formula is C20H27N. The van der Waals surface area contributed by atoms with E-state index in [9.17, 15) is 0 Å². The van der Waals surface area contributed by atoms with Crippen LogP contribution in [0.4, 0.5) is 0 Å². The Morgan fingerprint density at radius 2 is 1.71 bits per heavy atom. The van der Waals surface area contributed by atoms with Crippen LogP contribution in [0, 0.1) is 10.8 Å². The van der Waals surface area contributed by atoms with E-state index in [1.807, 2.05) is 12.2 Å². The average Bonchev–Trinajstić information content (AvgIpc) is 2.67. The monoisotopic (exact) mass is 281 g/mol. The van der Waals surface area contributed by atoms with E-state index in [2.05, 4.69) is 69.3 Å². The first-order chi connectivity index (χ1) is 10.1. The lowest BCUT2D eigenvalue weighted by atomic mass is 9.58. The summed E-state index contributed by atoms with van der Waals surface area (Å²) in [4.78, 5) is 0. The zero-order valence-corrected chi connectivity index (χ0v) is 13.5. The zero-order chi connectivity index (χ0) is 15.3. The molecule has 0 radical (unpaired) electrons. The van der Waals surface area contributed by atoms with E-state index in [0.29, 0.717) is 0 Å². The Bertz CT molecular complexity index is 546. The fourth-order valence-corrected chi connectivity index (χ4v) is 3.63. The molecule has 1 nitrogen and oxygen atoms in total. The number of hydrogen-bond acceptors (Lipinski definition) is 1. The predicted octanol–water partition coefficient (Wildman–Crippen LogP) is 5.01. The molecule has 1 heteroatoms. The summed E-state index contributed by atoms with van der Waals surface area (Å²) in [6.45, 7) is 6.92. The maximum Gasteiger partial charge on any atom is 0.0282 e. The first-order valence-electron chi connectivity index (χ1n) is 7.93. The number of nitrogens with two attached hydrogens (primary N) is 1. The van der Waals surface area contributed by atoms with Gasteiger partial charge in [0.15, 0.2) is 0 Å². The molecule has 1 unspecified atom stereocenters. The molecule has 0 fully saturated rings. The summed E-state index contributed by atoms with van der Waals surface area (Å²) in [7, 11) is 0. The topological polar surface area (TPSA) is 26.0 Å². The highest BCUT2D eigenvalue weighted by Crippen LogP contribution is 2.50. The van der Waals surface area contributed by atoms with Gasteiger partial charge in [0.1, 0.15) is 0 Å². The average molecular weight is 281 g/mol. The van der Waals surface area contributed by atoms with Crippen molar-refractivity contribution < 1.29 is 0 Å². The van der Waals surface area contributed by atoms with Crippen molar-refractivity contribution in [2.45, 2.75) is 40.0 Å². The summed E-state index contributed by atoms with van der Waals surface area (Å²) < 4.78 is 0. The van der Waals surface area contributed by atoms with E-state index < -0.39 is 0 Å². The Balaban J connectivity index is 2.44. The van der Waals surface area contributed by atoms with Crippen LogP contribution in [0.5, 0.6) is 0 Å².